The zero-order valence-electron chi connectivity index (χ0n) is 14.7. The Kier molecular flexibility index (Phi) is 5.11. The van der Waals surface area contributed by atoms with Gasteiger partial charge in [-0.1, -0.05) is 6.92 Å². The Balaban J connectivity index is 1.86. The van der Waals surface area contributed by atoms with Gasteiger partial charge < -0.3 is 14.4 Å². The molecule has 1 aliphatic heterocycles. The molecular formula is C18H21F2N3O3. The first kappa shape index (κ1) is 18.2. The second kappa shape index (κ2) is 7.31. The number of hydrogen-bond donors (Lipinski definition) is 1. The van der Waals surface area contributed by atoms with E-state index in [-0.39, 0.29) is 17.7 Å². The van der Waals surface area contributed by atoms with Crippen LogP contribution in [0.4, 0.5) is 13.6 Å². The van der Waals surface area contributed by atoms with Crippen molar-refractivity contribution < 1.29 is 23.4 Å². The van der Waals surface area contributed by atoms with Crippen LogP contribution in [-0.4, -0.2) is 39.3 Å². The fraction of sp³-hybridized carbons (Fsp3) is 0.444. The Hall–Kier alpha value is -2.64. The minimum absolute atomic E-state index is 0.151. The lowest BCUT2D eigenvalue weighted by atomic mass is 10.00. The van der Waals surface area contributed by atoms with Crippen LogP contribution in [0.2, 0.25) is 0 Å². The van der Waals surface area contributed by atoms with E-state index in [1.165, 1.54) is 12.0 Å². The maximum Gasteiger partial charge on any atom is 0.407 e. The summed E-state index contributed by atoms with van der Waals surface area (Å²) in [5.41, 5.74) is 0.992. The van der Waals surface area contributed by atoms with Gasteiger partial charge >= 0.3 is 6.09 Å². The number of benzene rings is 1. The zero-order valence-corrected chi connectivity index (χ0v) is 14.7. The van der Waals surface area contributed by atoms with E-state index in [1.807, 2.05) is 11.5 Å². The van der Waals surface area contributed by atoms with Gasteiger partial charge in [0.15, 0.2) is 11.6 Å². The molecule has 26 heavy (non-hydrogen) atoms. The van der Waals surface area contributed by atoms with Crippen molar-refractivity contribution in [3.05, 3.63) is 47.0 Å². The molecule has 1 aromatic heterocycles. The van der Waals surface area contributed by atoms with E-state index in [2.05, 4.69) is 4.98 Å². The zero-order chi connectivity index (χ0) is 18.8. The van der Waals surface area contributed by atoms with Crippen molar-refractivity contribution in [2.24, 2.45) is 0 Å². The minimum atomic E-state index is -1.03. The number of carboxylic acid groups (broad SMARTS) is 1. The van der Waals surface area contributed by atoms with Gasteiger partial charge in [-0.25, -0.2) is 18.6 Å². The van der Waals surface area contributed by atoms with Crippen LogP contribution < -0.4 is 4.74 Å². The predicted octanol–water partition coefficient (Wildman–Crippen LogP) is 3.40. The third kappa shape index (κ3) is 3.23. The standard InChI is InChI=1S/C18H21F2N3O3/c1-3-17-21-10-15-14(23(18(24)25)7-6-22(15)17)5-4-11-8-13(20)16(26-2)9-12(11)19/h8-10,14H,3-7H2,1-2H3,(H,24,25). The van der Waals surface area contributed by atoms with Crippen LogP contribution in [0.5, 0.6) is 5.75 Å². The lowest BCUT2D eigenvalue weighted by molar-refractivity contribution is 0.106. The highest BCUT2D eigenvalue weighted by atomic mass is 19.1. The van der Waals surface area contributed by atoms with Crippen molar-refractivity contribution >= 4 is 6.09 Å². The van der Waals surface area contributed by atoms with E-state index in [4.69, 9.17) is 4.74 Å². The van der Waals surface area contributed by atoms with Gasteiger partial charge in [-0.05, 0) is 24.5 Å². The minimum Gasteiger partial charge on any atom is -0.494 e. The van der Waals surface area contributed by atoms with Gasteiger partial charge in [-0.15, -0.1) is 0 Å². The highest BCUT2D eigenvalue weighted by Gasteiger charge is 2.32. The molecule has 1 unspecified atom stereocenters. The fourth-order valence-corrected chi connectivity index (χ4v) is 3.50. The Morgan fingerprint density at radius 3 is 2.77 bits per heavy atom. The molecule has 6 nitrogen and oxygen atoms in total. The molecule has 140 valence electrons. The molecule has 0 bridgehead atoms. The van der Waals surface area contributed by atoms with Crippen molar-refractivity contribution in [2.75, 3.05) is 13.7 Å². The molecule has 1 aliphatic rings. The molecule has 0 spiro atoms. The normalized spacial score (nSPS) is 16.5. The van der Waals surface area contributed by atoms with Gasteiger partial charge in [0.2, 0.25) is 0 Å². The Morgan fingerprint density at radius 1 is 1.35 bits per heavy atom. The summed E-state index contributed by atoms with van der Waals surface area (Å²) in [7, 11) is 1.27. The molecule has 1 amide bonds. The molecule has 0 saturated carbocycles. The number of methoxy groups -OCH3 is 1. The molecule has 3 rings (SSSR count). The lowest BCUT2D eigenvalue weighted by Gasteiger charge is -2.35. The SMILES string of the molecule is CCc1ncc2n1CCN(C(=O)O)C2CCc1cc(F)c(OC)cc1F. The van der Waals surface area contributed by atoms with Gasteiger partial charge in [0, 0.05) is 25.6 Å². The van der Waals surface area contributed by atoms with E-state index in [0.29, 0.717) is 19.5 Å². The van der Waals surface area contributed by atoms with Crippen molar-refractivity contribution in [1.82, 2.24) is 14.5 Å². The van der Waals surface area contributed by atoms with Gasteiger partial charge in [0.05, 0.1) is 25.0 Å². The number of aryl methyl sites for hydroxylation is 2. The number of aromatic nitrogens is 2. The van der Waals surface area contributed by atoms with Crippen LogP contribution in [0.3, 0.4) is 0 Å². The maximum absolute atomic E-state index is 14.2. The maximum atomic E-state index is 14.2. The van der Waals surface area contributed by atoms with Crippen LogP contribution in [0.15, 0.2) is 18.3 Å². The van der Waals surface area contributed by atoms with Crippen LogP contribution in [-0.2, 0) is 19.4 Å². The predicted molar refractivity (Wildman–Crippen MR) is 90.3 cm³/mol. The first-order valence-electron chi connectivity index (χ1n) is 8.52. The fourth-order valence-electron chi connectivity index (χ4n) is 3.50. The van der Waals surface area contributed by atoms with Crippen LogP contribution in [0.1, 0.15) is 36.5 Å². The largest absolute Gasteiger partial charge is 0.494 e. The summed E-state index contributed by atoms with van der Waals surface area (Å²) in [4.78, 5) is 17.3. The molecule has 1 atom stereocenters. The van der Waals surface area contributed by atoms with Crippen LogP contribution >= 0.6 is 0 Å². The number of hydrogen-bond acceptors (Lipinski definition) is 3. The van der Waals surface area contributed by atoms with E-state index in [1.54, 1.807) is 6.20 Å². The summed E-state index contributed by atoms with van der Waals surface area (Å²) in [5, 5.41) is 9.51. The summed E-state index contributed by atoms with van der Waals surface area (Å²) in [6.45, 7) is 2.88. The summed E-state index contributed by atoms with van der Waals surface area (Å²) in [5.74, 6) is -0.455. The van der Waals surface area contributed by atoms with Crippen LogP contribution in [0, 0.1) is 11.6 Å². The second-order valence-corrected chi connectivity index (χ2v) is 6.21. The molecule has 0 aliphatic carbocycles. The number of ether oxygens (including phenoxy) is 1. The number of fused-ring (bicyclic) bond motifs is 1. The summed E-state index contributed by atoms with van der Waals surface area (Å²) >= 11 is 0. The van der Waals surface area contributed by atoms with Gasteiger partial charge in [0.1, 0.15) is 11.6 Å². The quantitative estimate of drug-likeness (QED) is 0.882. The Bertz CT molecular complexity index is 822. The van der Waals surface area contributed by atoms with E-state index in [9.17, 15) is 18.7 Å². The molecule has 1 N–H and O–H groups in total. The number of imidazole rings is 1. The highest BCUT2D eigenvalue weighted by Crippen LogP contribution is 2.32. The van der Waals surface area contributed by atoms with Crippen LogP contribution in [0.25, 0.3) is 0 Å². The van der Waals surface area contributed by atoms with Crippen molar-refractivity contribution in [2.45, 2.75) is 38.8 Å². The van der Waals surface area contributed by atoms with Gasteiger partial charge in [-0.3, -0.25) is 4.90 Å². The summed E-state index contributed by atoms with van der Waals surface area (Å²) < 4.78 is 34.9. The van der Waals surface area contributed by atoms with E-state index in [0.717, 1.165) is 30.1 Å². The van der Waals surface area contributed by atoms with Crippen molar-refractivity contribution in [3.8, 4) is 5.75 Å². The monoisotopic (exact) mass is 365 g/mol. The molecule has 0 fully saturated rings. The number of halogens is 2. The first-order chi connectivity index (χ1) is 12.5. The summed E-state index contributed by atoms with van der Waals surface area (Å²) in [6.07, 6.45) is 1.95. The van der Waals surface area contributed by atoms with Crippen molar-refractivity contribution in [1.29, 1.82) is 0 Å². The molecule has 0 saturated heterocycles. The number of amides is 1. The molecule has 2 heterocycles. The molecule has 1 aromatic carbocycles. The number of nitrogens with zero attached hydrogens (tertiary/aromatic N) is 3. The van der Waals surface area contributed by atoms with E-state index < -0.39 is 23.8 Å². The van der Waals surface area contributed by atoms with Gasteiger partial charge in [-0.2, -0.15) is 0 Å². The Labute approximate surface area is 150 Å². The second-order valence-electron chi connectivity index (χ2n) is 6.21. The smallest absolute Gasteiger partial charge is 0.407 e. The number of rotatable bonds is 5. The molecule has 2 aromatic rings. The lowest BCUT2D eigenvalue weighted by Crippen LogP contribution is -2.41. The third-order valence-corrected chi connectivity index (χ3v) is 4.82. The summed E-state index contributed by atoms with van der Waals surface area (Å²) in [6, 6.07) is 1.68. The van der Waals surface area contributed by atoms with Gasteiger partial charge in [0.25, 0.3) is 0 Å². The average molecular weight is 365 g/mol. The average Bonchev–Trinajstić information content (AvgIpc) is 3.04. The topological polar surface area (TPSA) is 67.6 Å². The molecule has 8 heteroatoms. The number of carbonyl (C=O) groups is 1. The highest BCUT2D eigenvalue weighted by molar-refractivity contribution is 5.66. The van der Waals surface area contributed by atoms with Crippen molar-refractivity contribution in [3.63, 3.8) is 0 Å². The Morgan fingerprint density at radius 2 is 2.12 bits per heavy atom. The molecule has 0 radical (unpaired) electrons. The molecular weight excluding hydrogens is 344 g/mol. The van der Waals surface area contributed by atoms with E-state index >= 15 is 0 Å². The first-order valence-corrected chi connectivity index (χ1v) is 8.52. The third-order valence-electron chi connectivity index (χ3n) is 4.82.